The van der Waals surface area contributed by atoms with E-state index >= 15 is 0 Å². The van der Waals surface area contributed by atoms with Crippen LogP contribution in [0.5, 0.6) is 0 Å². The maximum atomic E-state index is 13.6. The van der Waals surface area contributed by atoms with Crippen molar-refractivity contribution in [2.24, 2.45) is 0 Å². The normalized spacial score (nSPS) is 14.9. The van der Waals surface area contributed by atoms with Crippen LogP contribution in [0.2, 0.25) is 0 Å². The van der Waals surface area contributed by atoms with Crippen molar-refractivity contribution in [3.05, 3.63) is 102 Å². The van der Waals surface area contributed by atoms with Gasteiger partial charge in [0.2, 0.25) is 10.0 Å². The van der Waals surface area contributed by atoms with Crippen LogP contribution in [0.25, 0.3) is 28.0 Å². The molecule has 0 aliphatic carbocycles. The second-order valence-electron chi connectivity index (χ2n) is 9.61. The Morgan fingerprint density at radius 1 is 1.03 bits per heavy atom. The van der Waals surface area contributed by atoms with Crippen LogP contribution in [0.3, 0.4) is 0 Å². The SMILES string of the molecule is CNS(=O)(=O)c1ccc(C(C)CN2CC=C(c3c[nH]c(-c4ccc(F)cc4)c3-c3ccncc3)CC2)cc1.Cl. The average Bonchev–Trinajstić information content (AvgIpc) is 3.39. The minimum Gasteiger partial charge on any atom is -0.360 e. The Kier molecular flexibility index (Phi) is 9.02. The summed E-state index contributed by atoms with van der Waals surface area (Å²) in [6.45, 7) is 4.81. The topological polar surface area (TPSA) is 78.1 Å². The van der Waals surface area contributed by atoms with E-state index in [1.807, 2.05) is 24.3 Å². The van der Waals surface area contributed by atoms with Gasteiger partial charge < -0.3 is 4.98 Å². The van der Waals surface area contributed by atoms with Gasteiger partial charge in [0, 0.05) is 49.4 Å². The largest absolute Gasteiger partial charge is 0.360 e. The number of sulfonamides is 1. The van der Waals surface area contributed by atoms with Crippen LogP contribution in [-0.2, 0) is 10.0 Å². The smallest absolute Gasteiger partial charge is 0.240 e. The zero-order valence-corrected chi connectivity index (χ0v) is 23.5. The Morgan fingerprint density at radius 3 is 2.33 bits per heavy atom. The summed E-state index contributed by atoms with van der Waals surface area (Å²) in [4.78, 5) is 10.3. The second kappa shape index (κ2) is 12.3. The van der Waals surface area contributed by atoms with Crippen molar-refractivity contribution in [3.63, 3.8) is 0 Å². The van der Waals surface area contributed by atoms with Crippen LogP contribution in [0.15, 0.2) is 90.2 Å². The Morgan fingerprint density at radius 2 is 1.72 bits per heavy atom. The van der Waals surface area contributed by atoms with E-state index in [2.05, 4.69) is 38.8 Å². The molecule has 0 saturated heterocycles. The summed E-state index contributed by atoms with van der Waals surface area (Å²) in [5.41, 5.74) is 7.62. The van der Waals surface area contributed by atoms with Gasteiger partial charge in [-0.05, 0) is 90.2 Å². The molecule has 0 amide bonds. The molecule has 0 saturated carbocycles. The summed E-state index contributed by atoms with van der Waals surface area (Å²) < 4.78 is 40.0. The fourth-order valence-corrected chi connectivity index (χ4v) is 5.78. The molecule has 1 aliphatic heterocycles. The first-order chi connectivity index (χ1) is 18.4. The van der Waals surface area contributed by atoms with Crippen LogP contribution in [-0.4, -0.2) is 50.0 Å². The highest BCUT2D eigenvalue weighted by Gasteiger charge is 2.22. The van der Waals surface area contributed by atoms with E-state index in [-0.39, 0.29) is 29.0 Å². The number of aromatic amines is 1. The van der Waals surface area contributed by atoms with E-state index in [1.165, 1.54) is 24.8 Å². The van der Waals surface area contributed by atoms with Gasteiger partial charge in [0.05, 0.1) is 10.6 Å². The number of benzene rings is 2. The van der Waals surface area contributed by atoms with E-state index in [4.69, 9.17) is 0 Å². The summed E-state index contributed by atoms with van der Waals surface area (Å²) in [6, 6.07) is 17.7. The first kappa shape index (κ1) is 28.7. The summed E-state index contributed by atoms with van der Waals surface area (Å²) in [7, 11) is -2.02. The molecule has 1 atom stereocenters. The third kappa shape index (κ3) is 6.31. The molecule has 2 N–H and O–H groups in total. The third-order valence-electron chi connectivity index (χ3n) is 7.18. The lowest BCUT2D eigenvalue weighted by Crippen LogP contribution is -2.32. The standard InChI is InChI=1S/C30H31FN4O2S.ClH/c1-21(22-5-9-27(10-6-22)38(36,37)32-2)20-35-17-13-23(14-18-35)28-19-34-30(25-3-7-26(31)8-4-25)29(28)24-11-15-33-16-12-24;/h3-13,15-16,19,21,32,34H,14,17-18,20H2,1-2H3;1H. The number of hydrogen-bond donors (Lipinski definition) is 2. The zero-order chi connectivity index (χ0) is 26.7. The molecule has 1 unspecified atom stereocenters. The number of hydrogen-bond acceptors (Lipinski definition) is 4. The molecule has 5 rings (SSSR count). The highest BCUT2D eigenvalue weighted by molar-refractivity contribution is 7.89. The maximum absolute atomic E-state index is 13.6. The second-order valence-corrected chi connectivity index (χ2v) is 11.5. The number of pyridine rings is 1. The number of aromatic nitrogens is 2. The van der Waals surface area contributed by atoms with Crippen molar-refractivity contribution < 1.29 is 12.8 Å². The van der Waals surface area contributed by atoms with Gasteiger partial charge >= 0.3 is 0 Å². The number of halogens is 2. The molecule has 204 valence electrons. The van der Waals surface area contributed by atoms with Gasteiger partial charge in [-0.1, -0.05) is 25.1 Å². The molecule has 6 nitrogen and oxygen atoms in total. The van der Waals surface area contributed by atoms with Gasteiger partial charge in [0.25, 0.3) is 0 Å². The Hall–Kier alpha value is -3.30. The number of nitrogens with one attached hydrogen (secondary N) is 2. The molecule has 0 bridgehead atoms. The van der Waals surface area contributed by atoms with Crippen molar-refractivity contribution in [2.75, 3.05) is 26.7 Å². The summed E-state index contributed by atoms with van der Waals surface area (Å²) in [5.74, 6) is 0.00949. The van der Waals surface area contributed by atoms with Crippen LogP contribution in [0, 0.1) is 5.82 Å². The molecule has 39 heavy (non-hydrogen) atoms. The lowest BCUT2D eigenvalue weighted by molar-refractivity contribution is 0.287. The van der Waals surface area contributed by atoms with Gasteiger partial charge in [-0.3, -0.25) is 9.88 Å². The van der Waals surface area contributed by atoms with E-state index in [0.29, 0.717) is 0 Å². The lowest BCUT2D eigenvalue weighted by atomic mass is 9.91. The van der Waals surface area contributed by atoms with Gasteiger partial charge in [-0.2, -0.15) is 0 Å². The van der Waals surface area contributed by atoms with E-state index < -0.39 is 10.0 Å². The predicted octanol–water partition coefficient (Wildman–Crippen LogP) is 6.11. The number of H-pyrrole nitrogens is 1. The van der Waals surface area contributed by atoms with Crippen LogP contribution >= 0.6 is 12.4 Å². The minimum absolute atomic E-state index is 0. The summed E-state index contributed by atoms with van der Waals surface area (Å²) in [5, 5.41) is 0. The Labute approximate surface area is 235 Å². The molecule has 2 aromatic heterocycles. The zero-order valence-electron chi connectivity index (χ0n) is 21.9. The molecular formula is C30H32ClFN4O2S. The quantitative estimate of drug-likeness (QED) is 0.270. The van der Waals surface area contributed by atoms with Gasteiger partial charge in [-0.15, -0.1) is 12.4 Å². The van der Waals surface area contributed by atoms with Crippen LogP contribution in [0.1, 0.15) is 30.4 Å². The van der Waals surface area contributed by atoms with Crippen LogP contribution in [0.4, 0.5) is 4.39 Å². The van der Waals surface area contributed by atoms with Crippen molar-refractivity contribution in [2.45, 2.75) is 24.2 Å². The van der Waals surface area contributed by atoms with E-state index in [0.717, 1.165) is 59.6 Å². The number of rotatable bonds is 8. The average molecular weight is 567 g/mol. The highest BCUT2D eigenvalue weighted by atomic mass is 35.5. The predicted molar refractivity (Wildman–Crippen MR) is 157 cm³/mol. The summed E-state index contributed by atoms with van der Waals surface area (Å²) >= 11 is 0. The Bertz CT molecular complexity index is 1540. The minimum atomic E-state index is -3.43. The molecule has 3 heterocycles. The molecule has 2 aromatic carbocycles. The first-order valence-electron chi connectivity index (χ1n) is 12.7. The van der Waals surface area contributed by atoms with Crippen molar-refractivity contribution >= 4 is 28.0 Å². The first-order valence-corrected chi connectivity index (χ1v) is 14.2. The van der Waals surface area contributed by atoms with Gasteiger partial charge in [0.1, 0.15) is 5.82 Å². The van der Waals surface area contributed by atoms with Crippen molar-refractivity contribution in [1.82, 2.24) is 19.6 Å². The van der Waals surface area contributed by atoms with Gasteiger partial charge in [0.15, 0.2) is 0 Å². The molecule has 0 fully saturated rings. The van der Waals surface area contributed by atoms with E-state index in [9.17, 15) is 12.8 Å². The third-order valence-corrected chi connectivity index (χ3v) is 8.61. The molecule has 0 radical (unpaired) electrons. The number of nitrogens with zero attached hydrogens (tertiary/aromatic N) is 2. The molecular weight excluding hydrogens is 535 g/mol. The molecule has 9 heteroatoms. The summed E-state index contributed by atoms with van der Waals surface area (Å²) in [6.07, 6.45) is 8.84. The van der Waals surface area contributed by atoms with E-state index in [1.54, 1.807) is 36.7 Å². The fraction of sp³-hybridized carbons (Fsp3) is 0.233. The molecule has 0 spiro atoms. The van der Waals surface area contributed by atoms with Crippen molar-refractivity contribution in [3.8, 4) is 22.4 Å². The van der Waals surface area contributed by atoms with Crippen LogP contribution < -0.4 is 4.72 Å². The maximum Gasteiger partial charge on any atom is 0.240 e. The van der Waals surface area contributed by atoms with Crippen molar-refractivity contribution in [1.29, 1.82) is 0 Å². The molecule has 1 aliphatic rings. The fourth-order valence-electron chi connectivity index (χ4n) is 5.05. The van der Waals surface area contributed by atoms with Gasteiger partial charge in [-0.25, -0.2) is 17.5 Å². The highest BCUT2D eigenvalue weighted by Crippen LogP contribution is 2.39. The monoisotopic (exact) mass is 566 g/mol. The lowest BCUT2D eigenvalue weighted by Gasteiger charge is -2.29. The Balaban J connectivity index is 0.00000353. The molecule has 4 aromatic rings.